The van der Waals surface area contributed by atoms with E-state index in [1.54, 1.807) is 0 Å². The van der Waals surface area contributed by atoms with Crippen LogP contribution < -0.4 is 5.73 Å². The van der Waals surface area contributed by atoms with Gasteiger partial charge in [0, 0.05) is 31.2 Å². The predicted octanol–water partition coefficient (Wildman–Crippen LogP) is 2.16. The summed E-state index contributed by atoms with van der Waals surface area (Å²) in [5.41, 5.74) is 6.83. The molecule has 21 heavy (non-hydrogen) atoms. The minimum Gasteiger partial charge on any atom is -0.378 e. The Morgan fingerprint density at radius 3 is 2.62 bits per heavy atom. The first-order chi connectivity index (χ1) is 10.0. The van der Waals surface area contributed by atoms with Crippen LogP contribution in [0.2, 0.25) is 0 Å². The van der Waals surface area contributed by atoms with Gasteiger partial charge in [0.15, 0.2) is 0 Å². The van der Waals surface area contributed by atoms with E-state index in [-0.39, 0.29) is 17.2 Å². The van der Waals surface area contributed by atoms with Gasteiger partial charge in [0.1, 0.15) is 0 Å². The molecule has 3 fully saturated rings. The van der Waals surface area contributed by atoms with Gasteiger partial charge >= 0.3 is 0 Å². The van der Waals surface area contributed by atoms with Crippen LogP contribution in [0.5, 0.6) is 0 Å². The number of rotatable bonds is 3. The maximum absolute atomic E-state index is 6.77. The summed E-state index contributed by atoms with van der Waals surface area (Å²) >= 11 is 0. The Labute approximate surface area is 129 Å². The van der Waals surface area contributed by atoms with Crippen LogP contribution in [-0.2, 0) is 9.47 Å². The summed E-state index contributed by atoms with van der Waals surface area (Å²) < 4.78 is 11.7. The first-order valence-electron chi connectivity index (χ1n) is 8.76. The predicted molar refractivity (Wildman–Crippen MR) is 84.3 cm³/mol. The van der Waals surface area contributed by atoms with Crippen molar-refractivity contribution in [2.24, 2.45) is 11.7 Å². The van der Waals surface area contributed by atoms with Gasteiger partial charge in [-0.05, 0) is 58.5 Å². The Balaban J connectivity index is 1.66. The number of hydrogen-bond acceptors (Lipinski definition) is 4. The lowest BCUT2D eigenvalue weighted by Crippen LogP contribution is -2.61. The van der Waals surface area contributed by atoms with Crippen LogP contribution in [-0.4, -0.2) is 55.0 Å². The van der Waals surface area contributed by atoms with E-state index in [0.29, 0.717) is 5.92 Å². The Kier molecular flexibility index (Phi) is 4.60. The van der Waals surface area contributed by atoms with E-state index in [9.17, 15) is 0 Å². The topological polar surface area (TPSA) is 47.7 Å². The lowest BCUT2D eigenvalue weighted by molar-refractivity contribution is -0.109. The molecule has 2 N–H and O–H groups in total. The highest BCUT2D eigenvalue weighted by molar-refractivity contribution is 5.01. The van der Waals surface area contributed by atoms with E-state index in [2.05, 4.69) is 18.7 Å². The number of piperidine rings is 1. The minimum absolute atomic E-state index is 0.0293. The minimum atomic E-state index is -0.0293. The summed E-state index contributed by atoms with van der Waals surface area (Å²) in [5, 5.41) is 0. The molecule has 0 amide bonds. The van der Waals surface area contributed by atoms with E-state index in [4.69, 9.17) is 15.2 Å². The molecule has 0 aromatic carbocycles. The van der Waals surface area contributed by atoms with E-state index in [1.165, 1.54) is 32.4 Å². The normalized spacial score (nSPS) is 37.0. The van der Waals surface area contributed by atoms with E-state index in [1.807, 2.05) is 0 Å². The zero-order valence-corrected chi connectivity index (χ0v) is 13.8. The molecule has 0 radical (unpaired) electrons. The van der Waals surface area contributed by atoms with E-state index < -0.39 is 0 Å². The summed E-state index contributed by atoms with van der Waals surface area (Å²) in [4.78, 5) is 2.62. The van der Waals surface area contributed by atoms with Crippen molar-refractivity contribution in [3.8, 4) is 0 Å². The highest BCUT2D eigenvalue weighted by Crippen LogP contribution is 2.39. The first-order valence-corrected chi connectivity index (χ1v) is 8.76. The molecule has 3 saturated heterocycles. The molecule has 0 aromatic heterocycles. The van der Waals surface area contributed by atoms with Crippen LogP contribution >= 0.6 is 0 Å². The zero-order chi connectivity index (χ0) is 14.9. The second kappa shape index (κ2) is 6.15. The number of hydrogen-bond donors (Lipinski definition) is 1. The van der Waals surface area contributed by atoms with Gasteiger partial charge in [-0.2, -0.15) is 0 Å². The third kappa shape index (κ3) is 3.14. The fraction of sp³-hybridized carbons (Fsp3) is 1.00. The SMILES string of the molecule is CC(C)(C(N)C1CCOC2(CCOC2)C1)N1CCCCC1. The lowest BCUT2D eigenvalue weighted by Gasteiger charge is -2.49. The van der Waals surface area contributed by atoms with Gasteiger partial charge < -0.3 is 15.2 Å². The Hall–Kier alpha value is -0.160. The summed E-state index contributed by atoms with van der Waals surface area (Å²) in [6.45, 7) is 9.55. The van der Waals surface area contributed by atoms with Crippen LogP contribution in [0.1, 0.15) is 52.4 Å². The van der Waals surface area contributed by atoms with Crippen molar-refractivity contribution in [1.29, 1.82) is 0 Å². The van der Waals surface area contributed by atoms with Gasteiger partial charge in [0.05, 0.1) is 12.2 Å². The van der Waals surface area contributed by atoms with Gasteiger partial charge in [-0.15, -0.1) is 0 Å². The molecule has 0 aliphatic carbocycles. The Morgan fingerprint density at radius 1 is 1.19 bits per heavy atom. The molecule has 3 unspecified atom stereocenters. The Bertz CT molecular complexity index is 347. The average molecular weight is 296 g/mol. The number of likely N-dealkylation sites (tertiary alicyclic amines) is 1. The molecule has 4 heteroatoms. The maximum atomic E-state index is 6.77. The number of nitrogens with two attached hydrogens (primary N) is 1. The monoisotopic (exact) mass is 296 g/mol. The van der Waals surface area contributed by atoms with Crippen molar-refractivity contribution in [1.82, 2.24) is 4.90 Å². The van der Waals surface area contributed by atoms with E-state index >= 15 is 0 Å². The highest BCUT2D eigenvalue weighted by atomic mass is 16.6. The van der Waals surface area contributed by atoms with Crippen LogP contribution in [0.4, 0.5) is 0 Å². The zero-order valence-electron chi connectivity index (χ0n) is 13.8. The Morgan fingerprint density at radius 2 is 1.95 bits per heavy atom. The third-order valence-corrected chi connectivity index (χ3v) is 6.09. The number of ether oxygens (including phenoxy) is 2. The fourth-order valence-corrected chi connectivity index (χ4v) is 4.49. The van der Waals surface area contributed by atoms with Crippen molar-refractivity contribution in [3.05, 3.63) is 0 Å². The van der Waals surface area contributed by atoms with Gasteiger partial charge in [0.2, 0.25) is 0 Å². The smallest absolute Gasteiger partial charge is 0.0939 e. The molecule has 3 heterocycles. The molecule has 0 bridgehead atoms. The van der Waals surface area contributed by atoms with Gasteiger partial charge in [0.25, 0.3) is 0 Å². The number of nitrogens with zero attached hydrogens (tertiary/aromatic N) is 1. The summed E-state index contributed by atoms with van der Waals surface area (Å²) in [6, 6.07) is 0.219. The summed E-state index contributed by atoms with van der Waals surface area (Å²) in [5.74, 6) is 0.553. The third-order valence-electron chi connectivity index (χ3n) is 6.09. The molecule has 1 spiro atoms. The van der Waals surface area contributed by atoms with Crippen molar-refractivity contribution in [2.45, 2.75) is 69.6 Å². The van der Waals surface area contributed by atoms with Crippen LogP contribution in [0.25, 0.3) is 0 Å². The molecular formula is C17H32N2O2. The molecule has 4 nitrogen and oxygen atoms in total. The second-order valence-corrected chi connectivity index (χ2v) is 7.81. The lowest BCUT2D eigenvalue weighted by atomic mass is 9.74. The van der Waals surface area contributed by atoms with Crippen LogP contribution in [0.3, 0.4) is 0 Å². The maximum Gasteiger partial charge on any atom is 0.0939 e. The fourth-order valence-electron chi connectivity index (χ4n) is 4.49. The second-order valence-electron chi connectivity index (χ2n) is 7.81. The van der Waals surface area contributed by atoms with Gasteiger partial charge in [-0.1, -0.05) is 6.42 Å². The quantitative estimate of drug-likeness (QED) is 0.867. The molecule has 0 aromatic rings. The molecule has 122 valence electrons. The van der Waals surface area contributed by atoms with Crippen molar-refractivity contribution < 1.29 is 9.47 Å². The molecule has 3 rings (SSSR count). The van der Waals surface area contributed by atoms with Gasteiger partial charge in [-0.3, -0.25) is 4.90 Å². The molecule has 0 saturated carbocycles. The highest BCUT2D eigenvalue weighted by Gasteiger charge is 2.46. The van der Waals surface area contributed by atoms with Crippen molar-refractivity contribution in [3.63, 3.8) is 0 Å². The van der Waals surface area contributed by atoms with Crippen LogP contribution in [0.15, 0.2) is 0 Å². The molecule has 3 aliphatic rings. The largest absolute Gasteiger partial charge is 0.378 e. The first kappa shape index (κ1) is 15.7. The van der Waals surface area contributed by atoms with E-state index in [0.717, 1.165) is 39.1 Å². The van der Waals surface area contributed by atoms with Crippen molar-refractivity contribution in [2.75, 3.05) is 32.9 Å². The summed E-state index contributed by atoms with van der Waals surface area (Å²) in [7, 11) is 0. The summed E-state index contributed by atoms with van der Waals surface area (Å²) in [6.07, 6.45) is 7.23. The molecule has 3 aliphatic heterocycles. The average Bonchev–Trinajstić information content (AvgIpc) is 2.95. The van der Waals surface area contributed by atoms with Gasteiger partial charge in [-0.25, -0.2) is 0 Å². The molecular weight excluding hydrogens is 264 g/mol. The standard InChI is InChI=1S/C17H32N2O2/c1-16(2,19-8-4-3-5-9-19)15(18)14-6-10-21-17(12-14)7-11-20-13-17/h14-15H,3-13,18H2,1-2H3. The van der Waals surface area contributed by atoms with Crippen LogP contribution in [0, 0.1) is 5.92 Å². The van der Waals surface area contributed by atoms with Crippen molar-refractivity contribution >= 4 is 0 Å². The molecule has 3 atom stereocenters.